The third-order valence-corrected chi connectivity index (χ3v) is 9.88. The molecule has 3 fully saturated rings. The maximum absolute atomic E-state index is 11.4. The summed E-state index contributed by atoms with van der Waals surface area (Å²) in [6.07, 6.45) is 15.3. The van der Waals surface area contributed by atoms with Gasteiger partial charge in [0.05, 0.1) is 37.6 Å². The summed E-state index contributed by atoms with van der Waals surface area (Å²) in [5.74, 6) is -3.69. The first-order valence-corrected chi connectivity index (χ1v) is 16.6. The SMILES string of the molecule is C/C=C(/CC1(C(=O)O)CCCC1)C(=O)OC.C/C=C(\CC1(C(=O)O)CCCC1)C(=O)OC.CC/C(=C\C1(C(=O)O)CCCC1)C(=O)OC. The average molecular weight is 679 g/mol. The molecule has 3 aliphatic carbocycles. The summed E-state index contributed by atoms with van der Waals surface area (Å²) in [5, 5.41) is 27.8. The van der Waals surface area contributed by atoms with Crippen LogP contribution in [0.25, 0.3) is 0 Å². The number of allylic oxidation sites excluding steroid dienone is 2. The first-order valence-electron chi connectivity index (χ1n) is 16.6. The van der Waals surface area contributed by atoms with Gasteiger partial charge in [0.15, 0.2) is 0 Å². The Kier molecular flexibility index (Phi) is 17.3. The van der Waals surface area contributed by atoms with Crippen molar-refractivity contribution in [3.05, 3.63) is 34.9 Å². The van der Waals surface area contributed by atoms with Gasteiger partial charge in [-0.15, -0.1) is 0 Å². The molecule has 0 aromatic rings. The van der Waals surface area contributed by atoms with Crippen LogP contribution in [-0.4, -0.2) is 72.5 Å². The van der Waals surface area contributed by atoms with Crippen molar-refractivity contribution in [1.29, 1.82) is 0 Å². The fourth-order valence-corrected chi connectivity index (χ4v) is 6.81. The number of esters is 3. The zero-order valence-corrected chi connectivity index (χ0v) is 29.4. The van der Waals surface area contributed by atoms with Gasteiger partial charge in [-0.25, -0.2) is 14.4 Å². The van der Waals surface area contributed by atoms with Crippen molar-refractivity contribution in [2.45, 2.75) is 117 Å². The topological polar surface area (TPSA) is 191 Å². The monoisotopic (exact) mass is 678 g/mol. The first-order chi connectivity index (χ1) is 22.7. The van der Waals surface area contributed by atoms with Crippen molar-refractivity contribution in [1.82, 2.24) is 0 Å². The van der Waals surface area contributed by atoms with E-state index in [-0.39, 0.29) is 12.8 Å². The van der Waals surface area contributed by atoms with Crippen molar-refractivity contribution >= 4 is 35.8 Å². The Balaban J connectivity index is 0.000000360. The summed E-state index contributed by atoms with van der Waals surface area (Å²) in [5.41, 5.74) is -0.962. The van der Waals surface area contributed by atoms with Crippen molar-refractivity contribution in [3.63, 3.8) is 0 Å². The molecule has 3 saturated carbocycles. The van der Waals surface area contributed by atoms with Crippen molar-refractivity contribution in [2.75, 3.05) is 21.3 Å². The van der Waals surface area contributed by atoms with E-state index in [1.54, 1.807) is 32.1 Å². The highest BCUT2D eigenvalue weighted by atomic mass is 16.5. The summed E-state index contributed by atoms with van der Waals surface area (Å²) < 4.78 is 13.9. The number of rotatable bonds is 12. The van der Waals surface area contributed by atoms with Gasteiger partial charge < -0.3 is 29.5 Å². The van der Waals surface area contributed by atoms with Crippen molar-refractivity contribution in [3.8, 4) is 0 Å². The third kappa shape index (κ3) is 11.1. The van der Waals surface area contributed by atoms with Crippen LogP contribution < -0.4 is 0 Å². The standard InChI is InChI=1S/3C12H18O4/c3*1-3-9(10(13)16-2)8-12(11(14)15)6-4-5-7-12/h8H,3-7H2,1-2H3,(H,14,15);2*3H,4-8H2,1-2H3,(H,14,15)/b9-8+;9-3+;9-3-. The molecule has 0 amide bonds. The molecule has 0 bridgehead atoms. The number of carbonyl (C=O) groups is 6. The van der Waals surface area contributed by atoms with Crippen LogP contribution in [0.15, 0.2) is 34.9 Å². The molecule has 0 aromatic carbocycles. The Morgan fingerprint density at radius 2 is 0.854 bits per heavy atom. The molecule has 12 nitrogen and oxygen atoms in total. The van der Waals surface area contributed by atoms with Gasteiger partial charge in [0.1, 0.15) is 0 Å². The molecule has 48 heavy (non-hydrogen) atoms. The van der Waals surface area contributed by atoms with Crippen molar-refractivity contribution in [2.24, 2.45) is 16.2 Å². The minimum Gasteiger partial charge on any atom is -0.481 e. The highest BCUT2D eigenvalue weighted by Gasteiger charge is 2.44. The van der Waals surface area contributed by atoms with E-state index in [1.807, 2.05) is 6.92 Å². The second kappa shape index (κ2) is 19.8. The first kappa shape index (κ1) is 42.1. The molecule has 3 aliphatic rings. The summed E-state index contributed by atoms with van der Waals surface area (Å²) >= 11 is 0. The normalized spacial score (nSPS) is 19.5. The largest absolute Gasteiger partial charge is 0.481 e. The molecule has 0 aliphatic heterocycles. The number of aliphatic carboxylic acids is 3. The summed E-state index contributed by atoms with van der Waals surface area (Å²) in [6, 6.07) is 0. The van der Waals surface area contributed by atoms with E-state index in [2.05, 4.69) is 14.2 Å². The molecule has 3 rings (SSSR count). The van der Waals surface area contributed by atoms with E-state index >= 15 is 0 Å². The lowest BCUT2D eigenvalue weighted by Crippen LogP contribution is -2.29. The number of methoxy groups -OCH3 is 3. The van der Waals surface area contributed by atoms with Gasteiger partial charge in [-0.2, -0.15) is 0 Å². The maximum Gasteiger partial charge on any atom is 0.333 e. The molecule has 0 heterocycles. The van der Waals surface area contributed by atoms with Gasteiger partial charge >= 0.3 is 35.8 Å². The fraction of sp³-hybridized carbons (Fsp3) is 0.667. The van der Waals surface area contributed by atoms with Gasteiger partial charge in [0.2, 0.25) is 0 Å². The molecule has 12 heteroatoms. The molecule has 0 saturated heterocycles. The van der Waals surface area contributed by atoms with Gasteiger partial charge in [-0.05, 0) is 71.6 Å². The Hall–Kier alpha value is -3.96. The number of hydrogen-bond acceptors (Lipinski definition) is 9. The van der Waals surface area contributed by atoms with Crippen LogP contribution >= 0.6 is 0 Å². The van der Waals surface area contributed by atoms with Crippen LogP contribution in [0.1, 0.15) is 117 Å². The van der Waals surface area contributed by atoms with Crippen LogP contribution in [0.4, 0.5) is 0 Å². The quantitative estimate of drug-likeness (QED) is 0.117. The lowest BCUT2D eigenvalue weighted by atomic mass is 9.80. The predicted octanol–water partition coefficient (Wildman–Crippen LogP) is 6.42. The van der Waals surface area contributed by atoms with E-state index in [1.165, 1.54) is 21.3 Å². The van der Waals surface area contributed by atoms with Gasteiger partial charge in [0.25, 0.3) is 0 Å². The van der Waals surface area contributed by atoms with Crippen LogP contribution in [0.3, 0.4) is 0 Å². The van der Waals surface area contributed by atoms with Gasteiger partial charge in [-0.3, -0.25) is 14.4 Å². The summed E-state index contributed by atoms with van der Waals surface area (Å²) in [6.45, 7) is 5.29. The number of ether oxygens (including phenoxy) is 3. The smallest absolute Gasteiger partial charge is 0.333 e. The molecule has 0 spiro atoms. The molecule has 0 aromatic heterocycles. The summed E-state index contributed by atoms with van der Waals surface area (Å²) in [7, 11) is 3.94. The third-order valence-electron chi connectivity index (χ3n) is 9.88. The highest BCUT2D eigenvalue weighted by Crippen LogP contribution is 2.45. The minimum atomic E-state index is -0.848. The number of carboxylic acid groups (broad SMARTS) is 3. The molecule has 3 N–H and O–H groups in total. The second-order valence-electron chi connectivity index (χ2n) is 12.7. The van der Waals surface area contributed by atoms with Gasteiger partial charge in [-0.1, -0.05) is 63.7 Å². The molecule has 270 valence electrons. The van der Waals surface area contributed by atoms with Gasteiger partial charge in [0, 0.05) is 16.7 Å². The lowest BCUT2D eigenvalue weighted by molar-refractivity contribution is -0.150. The van der Waals surface area contributed by atoms with E-state index in [0.717, 1.165) is 38.5 Å². The molecular weight excluding hydrogens is 624 g/mol. The Morgan fingerprint density at radius 3 is 1.10 bits per heavy atom. The highest BCUT2D eigenvalue weighted by molar-refractivity contribution is 5.91. The average Bonchev–Trinajstić information content (AvgIpc) is 3.87. The maximum atomic E-state index is 11.4. The van der Waals surface area contributed by atoms with Crippen LogP contribution in [0, 0.1) is 16.2 Å². The lowest BCUT2D eigenvalue weighted by Gasteiger charge is -2.24. The molecular formula is C36H54O12. The van der Waals surface area contributed by atoms with E-state index < -0.39 is 52.1 Å². The molecule has 0 radical (unpaired) electrons. The van der Waals surface area contributed by atoms with Crippen molar-refractivity contribution < 1.29 is 58.3 Å². The van der Waals surface area contributed by atoms with Crippen LogP contribution in [0.2, 0.25) is 0 Å². The zero-order valence-electron chi connectivity index (χ0n) is 29.4. The zero-order chi connectivity index (χ0) is 36.5. The Bertz CT molecular complexity index is 1170. The Morgan fingerprint density at radius 1 is 0.542 bits per heavy atom. The fourth-order valence-electron chi connectivity index (χ4n) is 6.81. The van der Waals surface area contributed by atoms with Crippen LogP contribution in [0.5, 0.6) is 0 Å². The number of carbonyl (C=O) groups excluding carboxylic acids is 3. The van der Waals surface area contributed by atoms with E-state index in [4.69, 9.17) is 0 Å². The molecule has 0 unspecified atom stereocenters. The number of carboxylic acids is 3. The van der Waals surface area contributed by atoms with E-state index in [9.17, 15) is 44.1 Å². The summed E-state index contributed by atoms with van der Waals surface area (Å²) in [4.78, 5) is 68.1. The van der Waals surface area contributed by atoms with E-state index in [0.29, 0.717) is 61.7 Å². The second-order valence-corrected chi connectivity index (χ2v) is 12.7. The molecule has 0 atom stereocenters. The minimum absolute atomic E-state index is 0.283. The Labute approximate surface area is 283 Å². The van der Waals surface area contributed by atoms with Crippen LogP contribution in [-0.2, 0) is 43.0 Å². The number of hydrogen-bond donors (Lipinski definition) is 3. The predicted molar refractivity (Wildman–Crippen MR) is 177 cm³/mol.